The Hall–Kier alpha value is -2.52. The number of nitrogens with zero attached hydrogens (tertiary/aromatic N) is 2. The number of carbonyl (C=O) groups excluding carboxylic acids is 1. The molecule has 1 fully saturated rings. The fourth-order valence-electron chi connectivity index (χ4n) is 3.68. The first-order valence-corrected chi connectivity index (χ1v) is 10.4. The van der Waals surface area contributed by atoms with Gasteiger partial charge in [-0.05, 0) is 29.7 Å². The predicted molar refractivity (Wildman–Crippen MR) is 114 cm³/mol. The smallest absolute Gasteiger partial charge is 0.237 e. The summed E-state index contributed by atoms with van der Waals surface area (Å²) in [7, 11) is 0. The number of amides is 1. The van der Waals surface area contributed by atoms with Crippen LogP contribution in [0.25, 0.3) is 11.3 Å². The zero-order valence-corrected chi connectivity index (χ0v) is 17.7. The number of hydrogen-bond acceptors (Lipinski definition) is 6. The molecule has 3 atom stereocenters. The van der Waals surface area contributed by atoms with Crippen molar-refractivity contribution in [2.45, 2.75) is 31.3 Å². The van der Waals surface area contributed by atoms with E-state index in [0.717, 1.165) is 15.6 Å². The van der Waals surface area contributed by atoms with Gasteiger partial charge in [-0.2, -0.15) is 0 Å². The Morgan fingerprint density at radius 2 is 2.10 bits per heavy atom. The van der Waals surface area contributed by atoms with E-state index in [9.17, 15) is 15.0 Å². The van der Waals surface area contributed by atoms with Crippen molar-refractivity contribution in [2.24, 2.45) is 0 Å². The summed E-state index contributed by atoms with van der Waals surface area (Å²) in [6.45, 7) is 0.584. The molecule has 0 radical (unpaired) electrons. The van der Waals surface area contributed by atoms with Gasteiger partial charge >= 0.3 is 0 Å². The summed E-state index contributed by atoms with van der Waals surface area (Å²) >= 11 is 3.40. The second-order valence-electron chi connectivity index (χ2n) is 7.31. The van der Waals surface area contributed by atoms with E-state index in [-0.39, 0.29) is 18.9 Å². The fraction of sp³-hybridized carbons (Fsp3) is 0.273. The lowest BCUT2D eigenvalue weighted by Crippen LogP contribution is -2.44. The predicted octanol–water partition coefficient (Wildman–Crippen LogP) is 2.85. The van der Waals surface area contributed by atoms with Crippen LogP contribution < -0.4 is 5.32 Å². The lowest BCUT2D eigenvalue weighted by Gasteiger charge is -2.28. The number of β-amino-alcohol motifs (C(OH)–C–C–N with tert-alkyl or cyclic N) is 1. The topological polar surface area (TPSA) is 98.8 Å². The molecular formula is C22H22BrN3O4. The van der Waals surface area contributed by atoms with Gasteiger partial charge in [0, 0.05) is 23.1 Å². The van der Waals surface area contributed by atoms with Crippen LogP contribution in [0.1, 0.15) is 23.8 Å². The molecule has 156 valence electrons. The van der Waals surface area contributed by atoms with Crippen LogP contribution in [0.15, 0.2) is 70.0 Å². The number of aliphatic hydroxyl groups is 2. The largest absolute Gasteiger partial charge is 0.444 e. The molecule has 2 aromatic carbocycles. The van der Waals surface area contributed by atoms with Gasteiger partial charge in [0.2, 0.25) is 5.91 Å². The molecule has 1 saturated heterocycles. The minimum Gasteiger partial charge on any atom is -0.444 e. The first-order valence-electron chi connectivity index (χ1n) is 9.64. The first kappa shape index (κ1) is 20.7. The average molecular weight is 472 g/mol. The van der Waals surface area contributed by atoms with Crippen molar-refractivity contribution in [1.82, 2.24) is 15.2 Å². The van der Waals surface area contributed by atoms with E-state index in [1.165, 1.54) is 6.39 Å². The molecule has 4 rings (SSSR count). The fourth-order valence-corrected chi connectivity index (χ4v) is 4.09. The van der Waals surface area contributed by atoms with Crippen LogP contribution in [0, 0.1) is 0 Å². The lowest BCUT2D eigenvalue weighted by molar-refractivity contribution is -0.129. The van der Waals surface area contributed by atoms with Crippen molar-refractivity contribution in [1.29, 1.82) is 0 Å². The molecule has 30 heavy (non-hydrogen) atoms. The molecule has 0 aliphatic carbocycles. The number of halogens is 1. The number of rotatable bonds is 6. The standard InChI is InChI=1S/C22H22BrN3O4/c23-17-3-1-2-16(8-17)22(29)26-12-18(27)9-19(26)21(28)25-10-14-4-6-15(7-5-14)20-11-24-13-30-20/h1-8,11,13,18-19,22,27,29H,9-10,12H2,(H,25,28)/t18-,19+,22?/m1/s1. The maximum absolute atomic E-state index is 12.8. The van der Waals surface area contributed by atoms with Crippen LogP contribution in [0.5, 0.6) is 0 Å². The van der Waals surface area contributed by atoms with E-state index in [1.54, 1.807) is 23.2 Å². The molecule has 1 amide bonds. The molecule has 0 saturated carbocycles. The van der Waals surface area contributed by atoms with E-state index >= 15 is 0 Å². The van der Waals surface area contributed by atoms with Crippen molar-refractivity contribution in [3.8, 4) is 11.3 Å². The molecule has 3 N–H and O–H groups in total. The molecule has 1 aromatic heterocycles. The van der Waals surface area contributed by atoms with Crippen molar-refractivity contribution < 1.29 is 19.4 Å². The highest BCUT2D eigenvalue weighted by Crippen LogP contribution is 2.29. The van der Waals surface area contributed by atoms with Gasteiger partial charge < -0.3 is 19.9 Å². The molecule has 2 heterocycles. The van der Waals surface area contributed by atoms with Gasteiger partial charge in [0.1, 0.15) is 6.23 Å². The van der Waals surface area contributed by atoms with Crippen molar-refractivity contribution >= 4 is 21.8 Å². The summed E-state index contributed by atoms with van der Waals surface area (Å²) in [5, 5.41) is 23.8. The minimum atomic E-state index is -0.975. The molecule has 1 aliphatic rings. The van der Waals surface area contributed by atoms with Gasteiger partial charge in [0.05, 0.1) is 18.3 Å². The normalized spacial score (nSPS) is 20.2. The van der Waals surface area contributed by atoms with Crippen molar-refractivity contribution in [3.05, 3.63) is 76.7 Å². The third-order valence-corrected chi connectivity index (χ3v) is 5.71. The van der Waals surface area contributed by atoms with Crippen LogP contribution >= 0.6 is 15.9 Å². The van der Waals surface area contributed by atoms with E-state index in [0.29, 0.717) is 17.9 Å². The van der Waals surface area contributed by atoms with E-state index in [2.05, 4.69) is 26.2 Å². The van der Waals surface area contributed by atoms with Crippen molar-refractivity contribution in [2.75, 3.05) is 6.54 Å². The number of likely N-dealkylation sites (tertiary alicyclic amines) is 1. The van der Waals surface area contributed by atoms with Gasteiger partial charge in [0.15, 0.2) is 12.2 Å². The first-order chi connectivity index (χ1) is 14.5. The minimum absolute atomic E-state index is 0.222. The molecule has 3 aromatic rings. The number of carbonyl (C=O) groups is 1. The molecular weight excluding hydrogens is 450 g/mol. The van der Waals surface area contributed by atoms with Crippen LogP contribution in [0.3, 0.4) is 0 Å². The van der Waals surface area contributed by atoms with Crippen LogP contribution in [-0.2, 0) is 11.3 Å². The number of benzene rings is 2. The van der Waals surface area contributed by atoms with Crippen LogP contribution in [-0.4, -0.2) is 44.7 Å². The monoisotopic (exact) mass is 471 g/mol. The Kier molecular flexibility index (Phi) is 6.29. The number of oxazole rings is 1. The number of aliphatic hydroxyl groups excluding tert-OH is 2. The lowest BCUT2D eigenvalue weighted by atomic mass is 10.1. The summed E-state index contributed by atoms with van der Waals surface area (Å²) in [4.78, 5) is 18.4. The van der Waals surface area contributed by atoms with E-state index < -0.39 is 18.4 Å². The zero-order valence-electron chi connectivity index (χ0n) is 16.1. The quantitative estimate of drug-likeness (QED) is 0.511. The summed E-state index contributed by atoms with van der Waals surface area (Å²) in [5.74, 6) is 0.461. The SMILES string of the molecule is O=C(NCc1ccc(-c2cnco2)cc1)[C@@H]1C[C@@H](O)CN1C(O)c1cccc(Br)c1. The molecule has 1 unspecified atom stereocenters. The highest BCUT2D eigenvalue weighted by atomic mass is 79.9. The Morgan fingerprint density at radius 3 is 2.80 bits per heavy atom. The second kappa shape index (κ2) is 9.09. The summed E-state index contributed by atoms with van der Waals surface area (Å²) in [5.41, 5.74) is 2.51. The van der Waals surface area contributed by atoms with Crippen LogP contribution in [0.4, 0.5) is 0 Å². The summed E-state index contributed by atoms with van der Waals surface area (Å²) in [6.07, 6.45) is 1.67. The number of aromatic nitrogens is 1. The highest BCUT2D eigenvalue weighted by Gasteiger charge is 2.39. The van der Waals surface area contributed by atoms with Crippen molar-refractivity contribution in [3.63, 3.8) is 0 Å². The third-order valence-electron chi connectivity index (χ3n) is 5.22. The number of hydrogen-bond donors (Lipinski definition) is 3. The van der Waals surface area contributed by atoms with Gasteiger partial charge in [0.25, 0.3) is 0 Å². The second-order valence-corrected chi connectivity index (χ2v) is 8.23. The molecule has 0 bridgehead atoms. The Balaban J connectivity index is 1.40. The number of nitrogens with one attached hydrogen (secondary N) is 1. The van der Waals surface area contributed by atoms with Gasteiger partial charge in [-0.1, -0.05) is 52.3 Å². The van der Waals surface area contributed by atoms with Gasteiger partial charge in [-0.25, -0.2) is 4.98 Å². The maximum Gasteiger partial charge on any atom is 0.237 e. The summed E-state index contributed by atoms with van der Waals surface area (Å²) < 4.78 is 6.12. The van der Waals surface area contributed by atoms with Gasteiger partial charge in [-0.3, -0.25) is 9.69 Å². The molecule has 7 nitrogen and oxygen atoms in total. The third kappa shape index (κ3) is 4.62. The highest BCUT2D eigenvalue weighted by molar-refractivity contribution is 9.10. The summed E-state index contributed by atoms with van der Waals surface area (Å²) in [6, 6.07) is 14.3. The molecule has 1 aliphatic heterocycles. The Bertz CT molecular complexity index is 994. The molecule has 8 heteroatoms. The Morgan fingerprint density at radius 1 is 1.30 bits per heavy atom. The van der Waals surface area contributed by atoms with Crippen LogP contribution in [0.2, 0.25) is 0 Å². The molecule has 0 spiro atoms. The maximum atomic E-state index is 12.8. The Labute approximate surface area is 182 Å². The van der Waals surface area contributed by atoms with E-state index in [4.69, 9.17) is 4.42 Å². The zero-order chi connectivity index (χ0) is 21.1. The average Bonchev–Trinajstić information content (AvgIpc) is 3.42. The van der Waals surface area contributed by atoms with E-state index in [1.807, 2.05) is 36.4 Å². The van der Waals surface area contributed by atoms with Gasteiger partial charge in [-0.15, -0.1) is 0 Å².